The van der Waals surface area contributed by atoms with E-state index in [2.05, 4.69) is 15.5 Å². The van der Waals surface area contributed by atoms with Gasteiger partial charge in [0.05, 0.1) is 18.9 Å². The summed E-state index contributed by atoms with van der Waals surface area (Å²) in [6.07, 6.45) is 3.55. The van der Waals surface area contributed by atoms with Gasteiger partial charge in [-0.2, -0.15) is 5.10 Å². The number of urea groups is 1. The summed E-state index contributed by atoms with van der Waals surface area (Å²) < 4.78 is 5.33. The number of methoxy groups -OCH3 is 1. The molecule has 1 aliphatic rings. The van der Waals surface area contributed by atoms with Gasteiger partial charge in [0, 0.05) is 37.1 Å². The van der Waals surface area contributed by atoms with Gasteiger partial charge in [0.15, 0.2) is 0 Å². The number of H-pyrrole nitrogens is 1. The number of amides is 3. The fourth-order valence-electron chi connectivity index (χ4n) is 3.96. The van der Waals surface area contributed by atoms with E-state index in [9.17, 15) is 14.7 Å². The molecule has 3 aromatic rings. The number of carbonyl (C=O) groups is 2. The summed E-state index contributed by atoms with van der Waals surface area (Å²) in [5, 5.41) is 19.6. The van der Waals surface area contributed by atoms with Crippen molar-refractivity contribution in [1.82, 2.24) is 20.4 Å². The van der Waals surface area contributed by atoms with Crippen molar-refractivity contribution in [3.8, 4) is 16.9 Å². The average molecular weight is 464 g/mol. The van der Waals surface area contributed by atoms with Crippen LogP contribution in [0.1, 0.15) is 25.5 Å². The third-order valence-corrected chi connectivity index (χ3v) is 5.72. The maximum atomic E-state index is 13.5. The third-order valence-electron chi connectivity index (χ3n) is 5.72. The summed E-state index contributed by atoms with van der Waals surface area (Å²) >= 11 is 0. The van der Waals surface area contributed by atoms with Crippen molar-refractivity contribution in [3.63, 3.8) is 0 Å². The van der Waals surface area contributed by atoms with Crippen LogP contribution in [0, 0.1) is 0 Å². The van der Waals surface area contributed by atoms with Gasteiger partial charge in [-0.05, 0) is 49.2 Å². The van der Waals surface area contributed by atoms with Gasteiger partial charge in [-0.15, -0.1) is 0 Å². The van der Waals surface area contributed by atoms with Crippen LogP contribution in [0.25, 0.3) is 11.1 Å². The standard InChI is InChI=1S/C25H29N5O4/c1-25(2,33)16-26-23(31)22(18-5-4-6-21(13-18)34-3)30-12-11-29(24(30)32)20-9-7-17(8-10-20)19-14-27-28-15-19/h4-10,13-15,22,33H,11-12,16H2,1-3H3,(H,26,31)(H,27,28). The van der Waals surface area contributed by atoms with Crippen molar-refractivity contribution in [2.45, 2.75) is 25.5 Å². The number of benzene rings is 2. The molecule has 0 spiro atoms. The monoisotopic (exact) mass is 463 g/mol. The average Bonchev–Trinajstić information content (AvgIpc) is 3.49. The molecule has 0 aliphatic carbocycles. The van der Waals surface area contributed by atoms with Crippen LogP contribution in [0.15, 0.2) is 60.9 Å². The number of hydrogen-bond donors (Lipinski definition) is 3. The molecule has 0 radical (unpaired) electrons. The van der Waals surface area contributed by atoms with Crippen LogP contribution >= 0.6 is 0 Å². The lowest BCUT2D eigenvalue weighted by atomic mass is 10.0. The van der Waals surface area contributed by atoms with Crippen LogP contribution in [0.5, 0.6) is 5.75 Å². The van der Waals surface area contributed by atoms with E-state index in [-0.39, 0.29) is 18.5 Å². The Bertz CT molecular complexity index is 1140. The zero-order chi connectivity index (χ0) is 24.3. The number of aromatic amines is 1. The number of nitrogens with zero attached hydrogens (tertiary/aromatic N) is 3. The number of aliphatic hydroxyl groups is 1. The molecule has 3 amide bonds. The number of ether oxygens (including phenoxy) is 1. The summed E-state index contributed by atoms with van der Waals surface area (Å²) in [4.78, 5) is 29.9. The first kappa shape index (κ1) is 23.3. The molecule has 0 bridgehead atoms. The second-order valence-corrected chi connectivity index (χ2v) is 8.87. The lowest BCUT2D eigenvalue weighted by Crippen LogP contribution is -2.46. The van der Waals surface area contributed by atoms with Gasteiger partial charge >= 0.3 is 6.03 Å². The summed E-state index contributed by atoms with van der Waals surface area (Å²) in [7, 11) is 1.55. The van der Waals surface area contributed by atoms with Crippen LogP contribution < -0.4 is 15.0 Å². The molecular formula is C25H29N5O4. The normalized spacial score (nSPS) is 14.9. The number of aromatic nitrogens is 2. The van der Waals surface area contributed by atoms with Crippen molar-refractivity contribution in [2.24, 2.45) is 0 Å². The zero-order valence-corrected chi connectivity index (χ0v) is 19.5. The molecule has 9 nitrogen and oxygen atoms in total. The Morgan fingerprint density at radius 2 is 1.97 bits per heavy atom. The number of nitrogens with one attached hydrogen (secondary N) is 2. The minimum atomic E-state index is -1.08. The summed E-state index contributed by atoms with van der Waals surface area (Å²) in [5.74, 6) is 0.233. The van der Waals surface area contributed by atoms with Crippen molar-refractivity contribution in [3.05, 3.63) is 66.5 Å². The van der Waals surface area contributed by atoms with Crippen molar-refractivity contribution >= 4 is 17.6 Å². The second-order valence-electron chi connectivity index (χ2n) is 8.87. The summed E-state index contributed by atoms with van der Waals surface area (Å²) in [6, 6.07) is 13.7. The molecule has 2 aromatic carbocycles. The molecular weight excluding hydrogens is 434 g/mol. The molecule has 1 aliphatic heterocycles. The topological polar surface area (TPSA) is 111 Å². The van der Waals surface area contributed by atoms with E-state index in [1.165, 1.54) is 0 Å². The lowest BCUT2D eigenvalue weighted by Gasteiger charge is -2.29. The highest BCUT2D eigenvalue weighted by Crippen LogP contribution is 2.31. The van der Waals surface area contributed by atoms with Crippen LogP contribution in [0.3, 0.4) is 0 Å². The number of hydrogen-bond acceptors (Lipinski definition) is 5. The largest absolute Gasteiger partial charge is 0.497 e. The summed E-state index contributed by atoms with van der Waals surface area (Å²) in [5.41, 5.74) is 2.26. The molecule has 1 aromatic heterocycles. The van der Waals surface area contributed by atoms with E-state index in [1.807, 2.05) is 30.5 Å². The SMILES string of the molecule is COc1cccc(C(C(=O)NCC(C)(C)O)N2CCN(c3ccc(-c4cn[nH]c4)cc3)C2=O)c1. The lowest BCUT2D eigenvalue weighted by molar-refractivity contribution is -0.126. The fourth-order valence-corrected chi connectivity index (χ4v) is 3.96. The Morgan fingerprint density at radius 3 is 2.62 bits per heavy atom. The van der Waals surface area contributed by atoms with Gasteiger partial charge in [0.2, 0.25) is 5.91 Å². The highest BCUT2D eigenvalue weighted by atomic mass is 16.5. The van der Waals surface area contributed by atoms with Crippen molar-refractivity contribution < 1.29 is 19.4 Å². The minimum Gasteiger partial charge on any atom is -0.497 e. The quantitative estimate of drug-likeness (QED) is 0.476. The van der Waals surface area contributed by atoms with Gasteiger partial charge in [-0.25, -0.2) is 4.79 Å². The molecule has 4 rings (SSSR count). The first-order chi connectivity index (χ1) is 16.3. The van der Waals surface area contributed by atoms with E-state index in [0.29, 0.717) is 24.4 Å². The molecule has 1 unspecified atom stereocenters. The molecule has 34 heavy (non-hydrogen) atoms. The van der Waals surface area contributed by atoms with E-state index in [0.717, 1.165) is 16.8 Å². The molecule has 1 saturated heterocycles. The maximum Gasteiger partial charge on any atom is 0.325 e. The van der Waals surface area contributed by atoms with Gasteiger partial charge in [0.25, 0.3) is 0 Å². The Labute approximate surface area is 198 Å². The van der Waals surface area contributed by atoms with E-state index in [1.54, 1.807) is 61.2 Å². The highest BCUT2D eigenvalue weighted by molar-refractivity contribution is 5.98. The van der Waals surface area contributed by atoms with Crippen molar-refractivity contribution in [2.75, 3.05) is 31.6 Å². The molecule has 1 fully saturated rings. The predicted molar refractivity (Wildman–Crippen MR) is 129 cm³/mol. The van der Waals surface area contributed by atoms with Crippen LogP contribution in [-0.4, -0.2) is 64.5 Å². The second kappa shape index (κ2) is 9.56. The number of carbonyl (C=O) groups excluding carboxylic acids is 2. The molecule has 2 heterocycles. The predicted octanol–water partition coefficient (Wildman–Crippen LogP) is 2.96. The fraction of sp³-hybridized carbons (Fsp3) is 0.320. The van der Waals surface area contributed by atoms with E-state index >= 15 is 0 Å². The minimum absolute atomic E-state index is 0.0630. The first-order valence-corrected chi connectivity index (χ1v) is 11.1. The van der Waals surface area contributed by atoms with Gasteiger partial charge in [-0.1, -0.05) is 24.3 Å². The van der Waals surface area contributed by atoms with Crippen LogP contribution in [0.4, 0.5) is 10.5 Å². The molecule has 0 saturated carbocycles. The highest BCUT2D eigenvalue weighted by Gasteiger charge is 2.39. The van der Waals surface area contributed by atoms with Gasteiger partial charge in [0.1, 0.15) is 11.8 Å². The van der Waals surface area contributed by atoms with Crippen LogP contribution in [-0.2, 0) is 4.79 Å². The number of rotatable bonds is 8. The molecule has 178 valence electrons. The summed E-state index contributed by atoms with van der Waals surface area (Å²) in [6.45, 7) is 4.12. The molecule has 9 heteroatoms. The van der Waals surface area contributed by atoms with E-state index < -0.39 is 11.6 Å². The molecule has 1 atom stereocenters. The van der Waals surface area contributed by atoms with Gasteiger partial charge < -0.3 is 20.1 Å². The Kier molecular flexibility index (Phi) is 6.56. The van der Waals surface area contributed by atoms with Crippen molar-refractivity contribution in [1.29, 1.82) is 0 Å². The zero-order valence-electron chi connectivity index (χ0n) is 19.5. The van der Waals surface area contributed by atoms with Gasteiger partial charge in [-0.3, -0.25) is 14.8 Å². The Balaban J connectivity index is 1.59. The molecule has 3 N–H and O–H groups in total. The number of anilines is 1. The maximum absolute atomic E-state index is 13.5. The Morgan fingerprint density at radius 1 is 1.21 bits per heavy atom. The smallest absolute Gasteiger partial charge is 0.325 e. The van der Waals surface area contributed by atoms with E-state index in [4.69, 9.17) is 4.74 Å². The van der Waals surface area contributed by atoms with Crippen LogP contribution in [0.2, 0.25) is 0 Å². The third kappa shape index (κ3) is 5.04. The Hall–Kier alpha value is -3.85. The first-order valence-electron chi connectivity index (χ1n) is 11.1.